The maximum absolute atomic E-state index is 12.0. The monoisotopic (exact) mass is 345 g/mol. The first kappa shape index (κ1) is 19.0. The third kappa shape index (κ3) is 5.62. The fourth-order valence-electron chi connectivity index (χ4n) is 2.80. The summed E-state index contributed by atoms with van der Waals surface area (Å²) in [5.74, 6) is 0.886. The third-order valence-electron chi connectivity index (χ3n) is 4.42. The highest BCUT2D eigenvalue weighted by molar-refractivity contribution is 5.81. The molecule has 1 aromatic heterocycles. The van der Waals surface area contributed by atoms with E-state index < -0.39 is 5.63 Å². The van der Waals surface area contributed by atoms with Gasteiger partial charge in [-0.3, -0.25) is 4.79 Å². The van der Waals surface area contributed by atoms with Crippen molar-refractivity contribution < 1.29 is 13.9 Å². The second-order valence-electron chi connectivity index (χ2n) is 6.42. The van der Waals surface area contributed by atoms with E-state index in [1.165, 1.54) is 18.9 Å². The van der Waals surface area contributed by atoms with Crippen molar-refractivity contribution >= 4 is 16.9 Å². The number of benzene rings is 1. The molecule has 2 rings (SSSR count). The number of unbranched alkanes of at least 4 members (excludes halogenated alkanes) is 1. The summed E-state index contributed by atoms with van der Waals surface area (Å²) in [6.07, 6.45) is 4.55. The molecule has 1 atom stereocenters. The first-order valence-corrected chi connectivity index (χ1v) is 8.97. The first-order chi connectivity index (χ1) is 12.0. The van der Waals surface area contributed by atoms with Gasteiger partial charge < -0.3 is 14.5 Å². The lowest BCUT2D eigenvalue weighted by atomic mass is 9.99. The molecule has 5 heteroatoms. The number of rotatable bonds is 9. The second-order valence-corrected chi connectivity index (χ2v) is 6.42. The van der Waals surface area contributed by atoms with Gasteiger partial charge in [-0.25, -0.2) is 4.79 Å². The molecule has 0 aliphatic rings. The zero-order chi connectivity index (χ0) is 18.2. The molecule has 0 saturated heterocycles. The van der Waals surface area contributed by atoms with Gasteiger partial charge in [0.1, 0.15) is 11.3 Å². The van der Waals surface area contributed by atoms with Gasteiger partial charge in [0.2, 0.25) is 0 Å². The molecule has 2 aromatic rings. The third-order valence-corrected chi connectivity index (χ3v) is 4.42. The molecule has 1 heterocycles. The van der Waals surface area contributed by atoms with Crippen LogP contribution >= 0.6 is 0 Å². The molecule has 0 spiro atoms. The van der Waals surface area contributed by atoms with Gasteiger partial charge in [0.25, 0.3) is 5.91 Å². The Bertz CT molecular complexity index is 766. The number of hydrogen-bond acceptors (Lipinski definition) is 4. The van der Waals surface area contributed by atoms with Crippen molar-refractivity contribution in [1.29, 1.82) is 0 Å². The van der Waals surface area contributed by atoms with E-state index in [4.69, 9.17) is 9.15 Å². The van der Waals surface area contributed by atoms with E-state index in [0.717, 1.165) is 23.8 Å². The van der Waals surface area contributed by atoms with Gasteiger partial charge in [-0.05, 0) is 37.0 Å². The number of aryl methyl sites for hydroxylation is 1. The molecule has 0 aliphatic heterocycles. The fraction of sp³-hybridized carbons (Fsp3) is 0.500. The lowest BCUT2D eigenvalue weighted by Crippen LogP contribution is -2.33. The van der Waals surface area contributed by atoms with E-state index in [1.54, 1.807) is 12.1 Å². The molecule has 5 nitrogen and oxygen atoms in total. The van der Waals surface area contributed by atoms with Crippen molar-refractivity contribution in [3.8, 4) is 5.75 Å². The summed E-state index contributed by atoms with van der Waals surface area (Å²) in [6, 6.07) is 6.71. The summed E-state index contributed by atoms with van der Waals surface area (Å²) in [7, 11) is 0. The van der Waals surface area contributed by atoms with Crippen LogP contribution in [0.4, 0.5) is 0 Å². The molecule has 0 radical (unpaired) electrons. The van der Waals surface area contributed by atoms with Crippen LogP contribution in [0.3, 0.4) is 0 Å². The number of nitrogens with one attached hydrogen (secondary N) is 1. The Hall–Kier alpha value is -2.30. The Kier molecular flexibility index (Phi) is 7.04. The second kappa shape index (κ2) is 9.25. The molecule has 0 aliphatic carbocycles. The van der Waals surface area contributed by atoms with Gasteiger partial charge in [-0.1, -0.05) is 33.1 Å². The van der Waals surface area contributed by atoms with E-state index in [2.05, 4.69) is 19.2 Å². The van der Waals surface area contributed by atoms with Gasteiger partial charge in [0, 0.05) is 24.1 Å². The molecule has 1 N–H and O–H groups in total. The van der Waals surface area contributed by atoms with E-state index >= 15 is 0 Å². The molecular formula is C20H27NO4. The average molecular weight is 345 g/mol. The molecule has 1 amide bonds. The van der Waals surface area contributed by atoms with Crippen molar-refractivity contribution in [2.75, 3.05) is 13.2 Å². The van der Waals surface area contributed by atoms with Crippen molar-refractivity contribution in [3.63, 3.8) is 0 Å². The Labute approximate surface area is 148 Å². The lowest BCUT2D eigenvalue weighted by Gasteiger charge is -2.15. The minimum absolute atomic E-state index is 0.0498. The smallest absolute Gasteiger partial charge is 0.336 e. The van der Waals surface area contributed by atoms with Gasteiger partial charge >= 0.3 is 5.63 Å². The Balaban J connectivity index is 1.89. The largest absolute Gasteiger partial charge is 0.484 e. The highest BCUT2D eigenvalue weighted by Gasteiger charge is 2.10. The van der Waals surface area contributed by atoms with Crippen molar-refractivity contribution in [3.05, 3.63) is 40.2 Å². The molecule has 136 valence electrons. The standard InChI is InChI=1S/C20H27NO4/c1-4-6-7-15(5-2)12-21-19(22)13-24-16-8-9-17-14(3)10-20(23)25-18(17)11-16/h8-11,15H,4-7,12-13H2,1-3H3,(H,21,22)/t15-/m0/s1. The van der Waals surface area contributed by atoms with Crippen LogP contribution < -0.4 is 15.7 Å². The van der Waals surface area contributed by atoms with E-state index in [-0.39, 0.29) is 12.5 Å². The summed E-state index contributed by atoms with van der Waals surface area (Å²) in [5.41, 5.74) is 0.930. The minimum atomic E-state index is -0.391. The number of ether oxygens (including phenoxy) is 1. The molecule has 0 fully saturated rings. The lowest BCUT2D eigenvalue weighted by molar-refractivity contribution is -0.123. The van der Waals surface area contributed by atoms with E-state index in [9.17, 15) is 9.59 Å². The van der Waals surface area contributed by atoms with Crippen LogP contribution in [0.2, 0.25) is 0 Å². The van der Waals surface area contributed by atoms with E-state index in [1.807, 2.05) is 13.0 Å². The fourth-order valence-corrected chi connectivity index (χ4v) is 2.80. The summed E-state index contributed by atoms with van der Waals surface area (Å²) in [5, 5.41) is 3.79. The summed E-state index contributed by atoms with van der Waals surface area (Å²) >= 11 is 0. The highest BCUT2D eigenvalue weighted by atomic mass is 16.5. The number of amides is 1. The molecule has 0 unspecified atom stereocenters. The maximum Gasteiger partial charge on any atom is 0.336 e. The first-order valence-electron chi connectivity index (χ1n) is 8.97. The molecular weight excluding hydrogens is 318 g/mol. The van der Waals surface area contributed by atoms with Crippen LogP contribution in [0.15, 0.2) is 33.5 Å². The average Bonchev–Trinajstić information content (AvgIpc) is 2.59. The van der Waals surface area contributed by atoms with Gasteiger partial charge in [-0.2, -0.15) is 0 Å². The summed E-state index contributed by atoms with van der Waals surface area (Å²) in [4.78, 5) is 23.4. The predicted molar refractivity (Wildman–Crippen MR) is 99.0 cm³/mol. The van der Waals surface area contributed by atoms with Crippen molar-refractivity contribution in [2.45, 2.75) is 46.5 Å². The molecule has 25 heavy (non-hydrogen) atoms. The van der Waals surface area contributed by atoms with Gasteiger partial charge in [0.15, 0.2) is 6.61 Å². The van der Waals surface area contributed by atoms with E-state index in [0.29, 0.717) is 23.8 Å². The van der Waals surface area contributed by atoms with Crippen LogP contribution in [0.5, 0.6) is 5.75 Å². The number of carbonyl (C=O) groups excluding carboxylic acids is 1. The Morgan fingerprint density at radius 3 is 2.80 bits per heavy atom. The maximum atomic E-state index is 12.0. The number of hydrogen-bond donors (Lipinski definition) is 1. The molecule has 0 saturated carbocycles. The molecule has 0 bridgehead atoms. The summed E-state index contributed by atoms with van der Waals surface area (Å²) < 4.78 is 10.7. The van der Waals surface area contributed by atoms with Crippen LogP contribution in [0.25, 0.3) is 11.0 Å². The number of fused-ring (bicyclic) bond motifs is 1. The predicted octanol–water partition coefficient (Wildman–Crippen LogP) is 3.81. The van der Waals surface area contributed by atoms with Crippen molar-refractivity contribution in [2.24, 2.45) is 5.92 Å². The normalized spacial score (nSPS) is 12.1. The van der Waals surface area contributed by atoms with Gasteiger partial charge in [0.05, 0.1) is 0 Å². The zero-order valence-electron chi connectivity index (χ0n) is 15.3. The minimum Gasteiger partial charge on any atom is -0.484 e. The number of carbonyl (C=O) groups is 1. The van der Waals surface area contributed by atoms with Crippen LogP contribution in [-0.4, -0.2) is 19.1 Å². The SMILES string of the molecule is CCCC[C@H](CC)CNC(=O)COc1ccc2c(C)cc(=O)oc2c1. The molecule has 1 aromatic carbocycles. The van der Waals surface area contributed by atoms with Crippen molar-refractivity contribution in [1.82, 2.24) is 5.32 Å². The van der Waals surface area contributed by atoms with Crippen LogP contribution in [0, 0.1) is 12.8 Å². The highest BCUT2D eigenvalue weighted by Crippen LogP contribution is 2.22. The quantitative estimate of drug-likeness (QED) is 0.702. The Morgan fingerprint density at radius 1 is 1.28 bits per heavy atom. The topological polar surface area (TPSA) is 68.5 Å². The van der Waals surface area contributed by atoms with Gasteiger partial charge in [-0.15, -0.1) is 0 Å². The zero-order valence-corrected chi connectivity index (χ0v) is 15.3. The Morgan fingerprint density at radius 2 is 2.08 bits per heavy atom. The summed E-state index contributed by atoms with van der Waals surface area (Å²) in [6.45, 7) is 6.81. The van der Waals surface area contributed by atoms with Crippen LogP contribution in [0.1, 0.15) is 45.1 Å². The van der Waals surface area contributed by atoms with Crippen LogP contribution in [-0.2, 0) is 4.79 Å².